The Hall–Kier alpha value is -3.95. The first-order valence-corrected chi connectivity index (χ1v) is 8.38. The number of tetrazole rings is 1. The number of esters is 1. The maximum Gasteiger partial charge on any atom is 0.357 e. The number of hydrogen-bond acceptors (Lipinski definition) is 6. The Bertz CT molecular complexity index is 1070. The molecule has 0 aliphatic heterocycles. The van der Waals surface area contributed by atoms with Crippen LogP contribution in [0.15, 0.2) is 48.5 Å². The number of nitrogens with zero attached hydrogens (tertiary/aromatic N) is 4. The van der Waals surface area contributed by atoms with E-state index in [0.717, 1.165) is 12.1 Å². The van der Waals surface area contributed by atoms with Crippen LogP contribution in [0.25, 0.3) is 11.8 Å². The molecular formula is C19H15F2N5O3. The number of rotatable bonds is 6. The van der Waals surface area contributed by atoms with Crippen LogP contribution in [-0.2, 0) is 14.3 Å². The first kappa shape index (κ1) is 19.8. The Morgan fingerprint density at radius 1 is 1.17 bits per heavy atom. The van der Waals surface area contributed by atoms with E-state index >= 15 is 0 Å². The van der Waals surface area contributed by atoms with Gasteiger partial charge in [0.15, 0.2) is 18.1 Å². The van der Waals surface area contributed by atoms with Gasteiger partial charge >= 0.3 is 5.97 Å². The SMILES string of the molecule is Cc1nnnn1/C(=C\c1ccccc1)C(=O)OCC(=O)Nc1ccc(F)cc1F. The lowest BCUT2D eigenvalue weighted by Gasteiger charge is -2.10. The molecule has 3 aromatic rings. The van der Waals surface area contributed by atoms with E-state index in [0.29, 0.717) is 17.5 Å². The van der Waals surface area contributed by atoms with Crippen molar-refractivity contribution in [3.8, 4) is 0 Å². The largest absolute Gasteiger partial charge is 0.451 e. The molecule has 1 N–H and O–H groups in total. The second-order valence-electron chi connectivity index (χ2n) is 5.83. The number of amides is 1. The molecule has 0 bridgehead atoms. The minimum atomic E-state index is -0.946. The lowest BCUT2D eigenvalue weighted by atomic mass is 10.2. The number of halogens is 2. The van der Waals surface area contributed by atoms with Crippen LogP contribution in [0.5, 0.6) is 0 Å². The molecule has 148 valence electrons. The van der Waals surface area contributed by atoms with Gasteiger partial charge in [-0.05, 0) is 41.1 Å². The number of hydrogen-bond donors (Lipinski definition) is 1. The lowest BCUT2D eigenvalue weighted by molar-refractivity contribution is -0.141. The second-order valence-corrected chi connectivity index (χ2v) is 5.83. The zero-order valence-corrected chi connectivity index (χ0v) is 15.2. The van der Waals surface area contributed by atoms with E-state index in [-0.39, 0.29) is 11.4 Å². The van der Waals surface area contributed by atoms with Gasteiger partial charge in [-0.25, -0.2) is 13.6 Å². The van der Waals surface area contributed by atoms with Crippen molar-refractivity contribution in [3.63, 3.8) is 0 Å². The molecule has 0 spiro atoms. The molecule has 1 heterocycles. The van der Waals surface area contributed by atoms with Crippen molar-refractivity contribution in [2.75, 3.05) is 11.9 Å². The van der Waals surface area contributed by atoms with Crippen molar-refractivity contribution >= 4 is 29.3 Å². The Balaban J connectivity index is 1.73. The van der Waals surface area contributed by atoms with Crippen molar-refractivity contribution in [2.45, 2.75) is 6.92 Å². The highest BCUT2D eigenvalue weighted by atomic mass is 19.1. The van der Waals surface area contributed by atoms with Crippen LogP contribution in [0.1, 0.15) is 11.4 Å². The molecule has 0 saturated heterocycles. The molecule has 1 amide bonds. The summed E-state index contributed by atoms with van der Waals surface area (Å²) in [4.78, 5) is 24.5. The zero-order chi connectivity index (χ0) is 20.8. The van der Waals surface area contributed by atoms with Crippen molar-refractivity contribution in [3.05, 3.63) is 71.6 Å². The van der Waals surface area contributed by atoms with Gasteiger partial charge < -0.3 is 10.1 Å². The summed E-state index contributed by atoms with van der Waals surface area (Å²) < 4.78 is 32.7. The van der Waals surface area contributed by atoms with Crippen LogP contribution in [0.4, 0.5) is 14.5 Å². The van der Waals surface area contributed by atoms with E-state index in [9.17, 15) is 18.4 Å². The van der Waals surface area contributed by atoms with Crippen LogP contribution in [0.3, 0.4) is 0 Å². The smallest absolute Gasteiger partial charge is 0.357 e. The molecule has 10 heteroatoms. The molecule has 0 aliphatic carbocycles. The van der Waals surface area contributed by atoms with E-state index < -0.39 is 30.1 Å². The molecule has 0 atom stereocenters. The highest BCUT2D eigenvalue weighted by Gasteiger charge is 2.19. The van der Waals surface area contributed by atoms with Gasteiger partial charge in [-0.2, -0.15) is 4.68 Å². The molecule has 0 fully saturated rings. The highest BCUT2D eigenvalue weighted by Crippen LogP contribution is 2.16. The molecule has 29 heavy (non-hydrogen) atoms. The fourth-order valence-corrected chi connectivity index (χ4v) is 2.35. The summed E-state index contributed by atoms with van der Waals surface area (Å²) in [5.74, 6) is -3.05. The zero-order valence-electron chi connectivity index (χ0n) is 15.2. The fraction of sp³-hybridized carbons (Fsp3) is 0.105. The molecule has 3 rings (SSSR count). The molecule has 2 aromatic carbocycles. The van der Waals surface area contributed by atoms with Crippen LogP contribution in [0, 0.1) is 18.6 Å². The van der Waals surface area contributed by atoms with E-state index in [2.05, 4.69) is 20.8 Å². The number of anilines is 1. The lowest BCUT2D eigenvalue weighted by Crippen LogP contribution is -2.23. The third-order valence-corrected chi connectivity index (χ3v) is 3.71. The first-order valence-electron chi connectivity index (χ1n) is 8.38. The van der Waals surface area contributed by atoms with E-state index in [1.165, 1.54) is 10.8 Å². The van der Waals surface area contributed by atoms with Gasteiger partial charge in [0.2, 0.25) is 0 Å². The summed E-state index contributed by atoms with van der Waals surface area (Å²) in [6.45, 7) is 0.902. The number of nitrogens with one attached hydrogen (secondary N) is 1. The maximum atomic E-state index is 13.6. The maximum absolute atomic E-state index is 13.6. The van der Waals surface area contributed by atoms with E-state index in [1.54, 1.807) is 31.2 Å². The Labute approximate surface area is 163 Å². The van der Waals surface area contributed by atoms with Crippen LogP contribution in [0.2, 0.25) is 0 Å². The molecule has 0 saturated carbocycles. The van der Waals surface area contributed by atoms with Crippen LogP contribution < -0.4 is 5.32 Å². The molecule has 0 radical (unpaired) electrons. The van der Waals surface area contributed by atoms with Crippen LogP contribution in [-0.4, -0.2) is 38.7 Å². The Morgan fingerprint density at radius 3 is 2.59 bits per heavy atom. The van der Waals surface area contributed by atoms with Gasteiger partial charge in [-0.1, -0.05) is 30.3 Å². The number of benzene rings is 2. The average Bonchev–Trinajstić information content (AvgIpc) is 3.13. The molecule has 8 nitrogen and oxygen atoms in total. The summed E-state index contributed by atoms with van der Waals surface area (Å²) in [7, 11) is 0. The molecule has 1 aromatic heterocycles. The van der Waals surface area contributed by atoms with Gasteiger partial charge in [-0.15, -0.1) is 5.10 Å². The van der Waals surface area contributed by atoms with Gasteiger partial charge in [0, 0.05) is 6.07 Å². The topological polar surface area (TPSA) is 99.0 Å². The second kappa shape index (κ2) is 8.83. The standard InChI is InChI=1S/C19H15F2N5O3/c1-12-23-24-25-26(12)17(9-13-5-3-2-4-6-13)19(28)29-11-18(27)22-16-8-7-14(20)10-15(16)21/h2-10H,11H2,1H3,(H,22,27)/b17-9-. The molecule has 0 aliphatic rings. The third-order valence-electron chi connectivity index (χ3n) is 3.71. The highest BCUT2D eigenvalue weighted by molar-refractivity contribution is 6.15. The predicted molar refractivity (Wildman–Crippen MR) is 99.1 cm³/mol. The Kier molecular flexibility index (Phi) is 6.03. The number of aryl methyl sites for hydroxylation is 1. The number of carbonyl (C=O) groups is 2. The average molecular weight is 399 g/mol. The normalized spacial score (nSPS) is 11.2. The number of carbonyl (C=O) groups excluding carboxylic acids is 2. The summed E-state index contributed by atoms with van der Waals surface area (Å²) >= 11 is 0. The van der Waals surface area contributed by atoms with Gasteiger partial charge in [-0.3, -0.25) is 4.79 Å². The summed E-state index contributed by atoms with van der Waals surface area (Å²) in [6.07, 6.45) is 1.50. The van der Waals surface area contributed by atoms with Crippen molar-refractivity contribution in [1.29, 1.82) is 0 Å². The summed E-state index contributed by atoms with van der Waals surface area (Å²) in [6, 6.07) is 11.6. The summed E-state index contributed by atoms with van der Waals surface area (Å²) in [5.41, 5.74) is 0.440. The van der Waals surface area contributed by atoms with Crippen molar-refractivity contribution in [1.82, 2.24) is 20.2 Å². The Morgan fingerprint density at radius 2 is 1.93 bits per heavy atom. The van der Waals surface area contributed by atoms with Gasteiger partial charge in [0.05, 0.1) is 5.69 Å². The quantitative estimate of drug-likeness (QED) is 0.505. The monoisotopic (exact) mass is 399 g/mol. The van der Waals surface area contributed by atoms with E-state index in [4.69, 9.17) is 4.74 Å². The van der Waals surface area contributed by atoms with Crippen molar-refractivity contribution < 1.29 is 23.1 Å². The molecule has 0 unspecified atom stereocenters. The number of aromatic nitrogens is 4. The fourth-order valence-electron chi connectivity index (χ4n) is 2.35. The minimum absolute atomic E-state index is 0.0144. The first-order chi connectivity index (χ1) is 13.9. The predicted octanol–water partition coefficient (Wildman–Crippen LogP) is 2.44. The third kappa shape index (κ3) is 5.06. The van der Waals surface area contributed by atoms with Gasteiger partial charge in [0.25, 0.3) is 5.91 Å². The number of ether oxygens (including phenoxy) is 1. The summed E-state index contributed by atoms with van der Waals surface area (Å²) in [5, 5.41) is 13.2. The minimum Gasteiger partial charge on any atom is -0.451 e. The van der Waals surface area contributed by atoms with Crippen LogP contribution >= 0.6 is 0 Å². The van der Waals surface area contributed by atoms with Gasteiger partial charge in [0.1, 0.15) is 11.6 Å². The van der Waals surface area contributed by atoms with Crippen molar-refractivity contribution in [2.24, 2.45) is 0 Å². The molecular weight excluding hydrogens is 384 g/mol. The van der Waals surface area contributed by atoms with E-state index in [1.807, 2.05) is 6.07 Å².